The fourth-order valence-corrected chi connectivity index (χ4v) is 3.31. The second-order valence-corrected chi connectivity index (χ2v) is 7.54. The molecule has 0 unspecified atom stereocenters. The Labute approximate surface area is 192 Å². The van der Waals surface area contributed by atoms with Crippen LogP contribution in [0, 0.1) is 0 Å². The number of aliphatic carboxylic acids is 2. The molecule has 0 saturated carbocycles. The molecular weight excluding hydrogens is 486 g/mol. The predicted molar refractivity (Wildman–Crippen MR) is 113 cm³/mol. The summed E-state index contributed by atoms with van der Waals surface area (Å²) < 4.78 is 0. The summed E-state index contributed by atoms with van der Waals surface area (Å²) >= 11 is 22.4. The van der Waals surface area contributed by atoms with Gasteiger partial charge < -0.3 is 20.4 Å². The Morgan fingerprint density at radius 3 is 1.00 bits per heavy atom. The Balaban J connectivity index is 0.000000567. The maximum atomic E-state index is 10.9. The highest BCUT2D eigenvalue weighted by Crippen LogP contribution is 2.41. The average Bonchev–Trinajstić information content (AvgIpc) is 2.64. The molecule has 0 atom stereocenters. The number of halogens is 4. The van der Waals surface area contributed by atoms with Gasteiger partial charge in [0.05, 0.1) is 31.2 Å². The zero-order valence-electron chi connectivity index (χ0n) is 15.6. The summed E-state index contributed by atoms with van der Waals surface area (Å²) in [5.41, 5.74) is -1.37. The van der Waals surface area contributed by atoms with Crippen molar-refractivity contribution in [3.63, 3.8) is 0 Å². The van der Waals surface area contributed by atoms with Gasteiger partial charge in [0.25, 0.3) is 0 Å². The van der Waals surface area contributed by atoms with Crippen molar-refractivity contribution in [2.24, 2.45) is 0 Å². The number of benzene rings is 1. The summed E-state index contributed by atoms with van der Waals surface area (Å²) in [4.78, 5) is 42.0. The van der Waals surface area contributed by atoms with Crippen LogP contribution in [-0.4, -0.2) is 44.3 Å². The number of aromatic carboxylic acids is 2. The van der Waals surface area contributed by atoms with Gasteiger partial charge in [-0.25, -0.2) is 9.59 Å². The Morgan fingerprint density at radius 2 is 0.767 bits per heavy atom. The van der Waals surface area contributed by atoms with E-state index in [2.05, 4.69) is 0 Å². The molecule has 0 saturated heterocycles. The Hall–Kier alpha value is -1.74. The lowest BCUT2D eigenvalue weighted by Crippen LogP contribution is -2.10. The van der Waals surface area contributed by atoms with Crippen molar-refractivity contribution in [2.75, 3.05) is 0 Å². The molecule has 1 rings (SSSR count). The van der Waals surface area contributed by atoms with Gasteiger partial charge in [0.15, 0.2) is 0 Å². The summed E-state index contributed by atoms with van der Waals surface area (Å²) in [6.07, 6.45) is 5.82. The molecule has 168 valence electrons. The van der Waals surface area contributed by atoms with Crippen molar-refractivity contribution in [1.29, 1.82) is 0 Å². The zero-order valence-corrected chi connectivity index (χ0v) is 18.6. The number of carboxylic acids is 4. The maximum Gasteiger partial charge on any atom is 0.338 e. The molecule has 30 heavy (non-hydrogen) atoms. The normalized spacial score (nSPS) is 10.1. The first-order valence-electron chi connectivity index (χ1n) is 8.67. The fraction of sp³-hybridized carbons (Fsp3) is 0.444. The van der Waals surface area contributed by atoms with Crippen LogP contribution in [0.1, 0.15) is 72.1 Å². The Bertz CT molecular complexity index is 730. The van der Waals surface area contributed by atoms with Crippen LogP contribution in [0.4, 0.5) is 0 Å². The van der Waals surface area contributed by atoms with Crippen molar-refractivity contribution in [2.45, 2.75) is 51.4 Å². The van der Waals surface area contributed by atoms with Gasteiger partial charge in [0, 0.05) is 12.8 Å². The van der Waals surface area contributed by atoms with E-state index in [0.29, 0.717) is 0 Å². The van der Waals surface area contributed by atoms with Crippen LogP contribution < -0.4 is 0 Å². The molecule has 0 heterocycles. The number of rotatable bonds is 11. The minimum absolute atomic E-state index is 0.245. The van der Waals surface area contributed by atoms with E-state index in [4.69, 9.17) is 66.8 Å². The second kappa shape index (κ2) is 14.3. The van der Waals surface area contributed by atoms with E-state index in [0.717, 1.165) is 38.5 Å². The lowest BCUT2D eigenvalue weighted by atomic mass is 10.1. The van der Waals surface area contributed by atoms with Crippen molar-refractivity contribution in [3.8, 4) is 0 Å². The largest absolute Gasteiger partial charge is 0.481 e. The summed E-state index contributed by atoms with van der Waals surface area (Å²) in [5.74, 6) is -4.59. The van der Waals surface area contributed by atoms with Crippen molar-refractivity contribution >= 4 is 70.3 Å². The second-order valence-electron chi connectivity index (χ2n) is 6.03. The molecule has 0 bridgehead atoms. The molecule has 0 aliphatic heterocycles. The molecule has 1 aromatic carbocycles. The minimum atomic E-state index is -1.55. The average molecular weight is 506 g/mol. The summed E-state index contributed by atoms with van der Waals surface area (Å²) in [6, 6.07) is 0. The third kappa shape index (κ3) is 9.84. The molecule has 8 nitrogen and oxygen atoms in total. The number of carbonyl (C=O) groups is 4. The van der Waals surface area contributed by atoms with Crippen LogP contribution in [0.25, 0.3) is 0 Å². The number of carboxylic acid groups (broad SMARTS) is 4. The predicted octanol–water partition coefficient (Wildman–Crippen LogP) is 5.97. The molecule has 4 N–H and O–H groups in total. The zero-order chi connectivity index (χ0) is 23.4. The van der Waals surface area contributed by atoms with E-state index in [1.807, 2.05) is 0 Å². The molecule has 0 fully saturated rings. The lowest BCUT2D eigenvalue weighted by Gasteiger charge is -2.10. The quantitative estimate of drug-likeness (QED) is 0.163. The molecular formula is C18H20Cl4O8. The minimum Gasteiger partial charge on any atom is -0.481 e. The van der Waals surface area contributed by atoms with E-state index < -0.39 is 45.0 Å². The highest BCUT2D eigenvalue weighted by atomic mass is 35.5. The van der Waals surface area contributed by atoms with E-state index in [9.17, 15) is 19.2 Å². The fourth-order valence-electron chi connectivity index (χ4n) is 2.29. The van der Waals surface area contributed by atoms with Gasteiger partial charge in [-0.3, -0.25) is 9.59 Å². The number of hydrogen-bond donors (Lipinski definition) is 4. The molecule has 0 aromatic heterocycles. The van der Waals surface area contributed by atoms with Crippen LogP contribution >= 0.6 is 46.4 Å². The topological polar surface area (TPSA) is 149 Å². The van der Waals surface area contributed by atoms with Crippen LogP contribution in [0.15, 0.2) is 0 Å². The van der Waals surface area contributed by atoms with Gasteiger partial charge in [0.1, 0.15) is 0 Å². The first-order chi connectivity index (χ1) is 13.9. The molecule has 0 aliphatic rings. The highest BCUT2D eigenvalue weighted by molar-refractivity contribution is 6.53. The van der Waals surface area contributed by atoms with Gasteiger partial charge in [-0.05, 0) is 12.8 Å². The SMILES string of the molecule is O=C(O)CCCCCCCCC(=O)O.O=C(O)c1c(Cl)c(Cl)c(Cl)c(Cl)c1C(=O)O. The van der Waals surface area contributed by atoms with Crippen molar-refractivity contribution < 1.29 is 39.6 Å². The van der Waals surface area contributed by atoms with E-state index in [1.54, 1.807) is 0 Å². The van der Waals surface area contributed by atoms with Crippen LogP contribution in [0.2, 0.25) is 20.1 Å². The van der Waals surface area contributed by atoms with E-state index in [1.165, 1.54) is 0 Å². The third-order valence-electron chi connectivity index (χ3n) is 3.73. The molecule has 0 amide bonds. The van der Waals surface area contributed by atoms with Crippen LogP contribution in [0.5, 0.6) is 0 Å². The van der Waals surface area contributed by atoms with Gasteiger partial charge >= 0.3 is 23.9 Å². The van der Waals surface area contributed by atoms with Gasteiger partial charge in [-0.2, -0.15) is 0 Å². The first kappa shape index (κ1) is 28.3. The lowest BCUT2D eigenvalue weighted by molar-refractivity contribution is -0.138. The molecule has 0 radical (unpaired) electrons. The van der Waals surface area contributed by atoms with Crippen molar-refractivity contribution in [1.82, 2.24) is 0 Å². The summed E-state index contributed by atoms with van der Waals surface area (Å²) in [7, 11) is 0. The standard InChI is InChI=1S/C10H18O4.C8H2Cl4O4/c11-9(12)7-5-3-1-2-4-6-8-10(13)14;9-3-1(7(13)14)2(8(15)16)4(10)6(12)5(3)11/h1-8H2,(H,11,12)(H,13,14);(H,13,14)(H,15,16). The van der Waals surface area contributed by atoms with E-state index >= 15 is 0 Å². The first-order valence-corrected chi connectivity index (χ1v) is 10.2. The van der Waals surface area contributed by atoms with Crippen molar-refractivity contribution in [3.05, 3.63) is 31.2 Å². The molecule has 12 heteroatoms. The number of unbranched alkanes of at least 4 members (excludes halogenated alkanes) is 5. The Morgan fingerprint density at radius 1 is 0.500 bits per heavy atom. The monoisotopic (exact) mass is 504 g/mol. The van der Waals surface area contributed by atoms with E-state index in [-0.39, 0.29) is 22.9 Å². The van der Waals surface area contributed by atoms with Gasteiger partial charge in [-0.1, -0.05) is 72.1 Å². The van der Waals surface area contributed by atoms with Crippen LogP contribution in [0.3, 0.4) is 0 Å². The number of hydrogen-bond acceptors (Lipinski definition) is 4. The summed E-state index contributed by atoms with van der Waals surface area (Å²) in [5, 5.41) is 32.8. The van der Waals surface area contributed by atoms with Gasteiger partial charge in [0.2, 0.25) is 0 Å². The molecule has 0 spiro atoms. The Kier molecular flexibility index (Phi) is 13.5. The molecule has 1 aromatic rings. The van der Waals surface area contributed by atoms with Crippen LogP contribution in [-0.2, 0) is 9.59 Å². The van der Waals surface area contributed by atoms with Gasteiger partial charge in [-0.15, -0.1) is 0 Å². The third-order valence-corrected chi connectivity index (χ3v) is 5.53. The summed E-state index contributed by atoms with van der Waals surface area (Å²) in [6.45, 7) is 0. The maximum absolute atomic E-state index is 10.9. The smallest absolute Gasteiger partial charge is 0.338 e. The molecule has 0 aliphatic carbocycles. The highest BCUT2D eigenvalue weighted by Gasteiger charge is 2.28.